The van der Waals surface area contributed by atoms with Crippen molar-refractivity contribution in [3.05, 3.63) is 35.4 Å². The van der Waals surface area contributed by atoms with Gasteiger partial charge in [-0.15, -0.1) is 0 Å². The zero-order valence-electron chi connectivity index (χ0n) is 12.1. The van der Waals surface area contributed by atoms with E-state index in [4.69, 9.17) is 0 Å². The first-order valence-electron chi connectivity index (χ1n) is 7.51. The van der Waals surface area contributed by atoms with E-state index in [2.05, 4.69) is 34.9 Å². The van der Waals surface area contributed by atoms with Crippen LogP contribution in [0.5, 0.6) is 0 Å². The predicted octanol–water partition coefficient (Wildman–Crippen LogP) is 0.769. The molecule has 2 atom stereocenters. The van der Waals surface area contributed by atoms with Crippen LogP contribution in [0.15, 0.2) is 24.3 Å². The van der Waals surface area contributed by atoms with Crippen molar-refractivity contribution >= 4 is 5.91 Å². The average Bonchev–Trinajstić information content (AvgIpc) is 2.95. The molecule has 2 aliphatic rings. The van der Waals surface area contributed by atoms with Gasteiger partial charge in [-0.1, -0.05) is 24.3 Å². The van der Waals surface area contributed by atoms with Crippen LogP contribution in [0.1, 0.15) is 17.5 Å². The number of hydrogen-bond donors (Lipinski definition) is 2. The van der Waals surface area contributed by atoms with Crippen molar-refractivity contribution in [2.75, 3.05) is 26.7 Å². The third-order valence-electron chi connectivity index (χ3n) is 4.47. The molecular weight excluding hydrogens is 250 g/mol. The SMILES string of the molecule is CNC[C@H]1CCN(C(=O)[C@@H]2Cc3ccccc3CN2)C1. The third kappa shape index (κ3) is 2.72. The summed E-state index contributed by atoms with van der Waals surface area (Å²) in [4.78, 5) is 14.6. The van der Waals surface area contributed by atoms with Gasteiger partial charge in [-0.3, -0.25) is 4.79 Å². The molecule has 108 valence electrons. The smallest absolute Gasteiger partial charge is 0.240 e. The molecule has 2 N–H and O–H groups in total. The van der Waals surface area contributed by atoms with Crippen LogP contribution in [0.3, 0.4) is 0 Å². The van der Waals surface area contributed by atoms with Crippen LogP contribution in [-0.2, 0) is 17.8 Å². The summed E-state index contributed by atoms with van der Waals surface area (Å²) in [6.07, 6.45) is 1.94. The van der Waals surface area contributed by atoms with Crippen LogP contribution >= 0.6 is 0 Å². The molecule has 1 aromatic carbocycles. The molecule has 20 heavy (non-hydrogen) atoms. The highest BCUT2D eigenvalue weighted by Crippen LogP contribution is 2.21. The van der Waals surface area contributed by atoms with Crippen molar-refractivity contribution in [2.45, 2.75) is 25.4 Å². The number of amides is 1. The molecular formula is C16H23N3O. The Hall–Kier alpha value is -1.39. The van der Waals surface area contributed by atoms with Crippen molar-refractivity contribution in [2.24, 2.45) is 5.92 Å². The maximum atomic E-state index is 12.6. The predicted molar refractivity (Wildman–Crippen MR) is 79.4 cm³/mol. The van der Waals surface area contributed by atoms with Gasteiger partial charge in [0.05, 0.1) is 6.04 Å². The number of fused-ring (bicyclic) bond motifs is 1. The topological polar surface area (TPSA) is 44.4 Å². The summed E-state index contributed by atoms with van der Waals surface area (Å²) >= 11 is 0. The molecule has 0 spiro atoms. The molecule has 1 saturated heterocycles. The molecule has 0 radical (unpaired) electrons. The van der Waals surface area contributed by atoms with E-state index in [1.807, 2.05) is 11.9 Å². The van der Waals surface area contributed by atoms with Crippen LogP contribution < -0.4 is 10.6 Å². The second kappa shape index (κ2) is 5.94. The largest absolute Gasteiger partial charge is 0.341 e. The molecule has 0 saturated carbocycles. The monoisotopic (exact) mass is 273 g/mol. The fourth-order valence-corrected chi connectivity index (χ4v) is 3.34. The quantitative estimate of drug-likeness (QED) is 0.855. The number of carbonyl (C=O) groups excluding carboxylic acids is 1. The van der Waals surface area contributed by atoms with E-state index in [1.165, 1.54) is 11.1 Å². The lowest BCUT2D eigenvalue weighted by atomic mass is 9.95. The lowest BCUT2D eigenvalue weighted by molar-refractivity contribution is -0.132. The highest BCUT2D eigenvalue weighted by molar-refractivity contribution is 5.82. The van der Waals surface area contributed by atoms with Crippen molar-refractivity contribution < 1.29 is 4.79 Å². The minimum atomic E-state index is -0.0433. The first kappa shape index (κ1) is 13.6. The minimum Gasteiger partial charge on any atom is -0.341 e. The van der Waals surface area contributed by atoms with Crippen molar-refractivity contribution in [1.82, 2.24) is 15.5 Å². The summed E-state index contributed by atoms with van der Waals surface area (Å²) in [7, 11) is 1.98. The summed E-state index contributed by atoms with van der Waals surface area (Å²) in [5.41, 5.74) is 2.64. The van der Waals surface area contributed by atoms with E-state index in [9.17, 15) is 4.79 Å². The summed E-state index contributed by atoms with van der Waals surface area (Å²) in [6.45, 7) is 3.62. The van der Waals surface area contributed by atoms with Crippen molar-refractivity contribution in [3.8, 4) is 0 Å². The zero-order valence-corrected chi connectivity index (χ0v) is 12.1. The Morgan fingerprint density at radius 3 is 3.00 bits per heavy atom. The second-order valence-electron chi connectivity index (χ2n) is 5.90. The van der Waals surface area contributed by atoms with Crippen molar-refractivity contribution in [3.63, 3.8) is 0 Å². The van der Waals surface area contributed by atoms with E-state index >= 15 is 0 Å². The fourth-order valence-electron chi connectivity index (χ4n) is 3.34. The molecule has 2 heterocycles. The summed E-state index contributed by atoms with van der Waals surface area (Å²) < 4.78 is 0. The van der Waals surface area contributed by atoms with Crippen molar-refractivity contribution in [1.29, 1.82) is 0 Å². The van der Waals surface area contributed by atoms with E-state index < -0.39 is 0 Å². The molecule has 0 bridgehead atoms. The van der Waals surface area contributed by atoms with Gasteiger partial charge >= 0.3 is 0 Å². The average molecular weight is 273 g/mol. The van der Waals surface area contributed by atoms with Crippen LogP contribution in [0.2, 0.25) is 0 Å². The summed E-state index contributed by atoms with van der Waals surface area (Å²) in [5.74, 6) is 0.887. The Morgan fingerprint density at radius 2 is 2.20 bits per heavy atom. The van der Waals surface area contributed by atoms with Crippen LogP contribution in [0.25, 0.3) is 0 Å². The molecule has 3 rings (SSSR count). The van der Waals surface area contributed by atoms with Gasteiger partial charge in [0.25, 0.3) is 0 Å². The number of hydrogen-bond acceptors (Lipinski definition) is 3. The van der Waals surface area contributed by atoms with Gasteiger partial charge in [-0.05, 0) is 43.5 Å². The number of nitrogens with zero attached hydrogens (tertiary/aromatic N) is 1. The van der Waals surface area contributed by atoms with Gasteiger partial charge in [0, 0.05) is 19.6 Å². The number of nitrogens with one attached hydrogen (secondary N) is 2. The molecule has 4 nitrogen and oxygen atoms in total. The Kier molecular flexibility index (Phi) is 4.03. The first-order chi connectivity index (χ1) is 9.78. The molecule has 1 fully saturated rings. The molecule has 0 aliphatic carbocycles. The lowest BCUT2D eigenvalue weighted by Crippen LogP contribution is -2.48. The Morgan fingerprint density at radius 1 is 1.40 bits per heavy atom. The van der Waals surface area contributed by atoms with Gasteiger partial charge in [0.1, 0.15) is 0 Å². The Bertz CT molecular complexity index is 488. The lowest BCUT2D eigenvalue weighted by Gasteiger charge is -2.29. The van der Waals surface area contributed by atoms with Gasteiger partial charge in [0.15, 0.2) is 0 Å². The van der Waals surface area contributed by atoms with E-state index in [0.29, 0.717) is 5.92 Å². The van der Waals surface area contributed by atoms with Gasteiger partial charge in [-0.2, -0.15) is 0 Å². The molecule has 0 unspecified atom stereocenters. The zero-order chi connectivity index (χ0) is 13.9. The van der Waals surface area contributed by atoms with E-state index in [0.717, 1.165) is 39.0 Å². The van der Waals surface area contributed by atoms with E-state index in [1.54, 1.807) is 0 Å². The maximum Gasteiger partial charge on any atom is 0.240 e. The summed E-state index contributed by atoms with van der Waals surface area (Å²) in [6, 6.07) is 8.36. The molecule has 4 heteroatoms. The Labute approximate surface area is 120 Å². The van der Waals surface area contributed by atoms with E-state index in [-0.39, 0.29) is 11.9 Å². The second-order valence-corrected chi connectivity index (χ2v) is 5.90. The number of rotatable bonds is 3. The highest BCUT2D eigenvalue weighted by Gasteiger charge is 2.32. The third-order valence-corrected chi connectivity index (χ3v) is 4.47. The standard InChI is InChI=1S/C16H23N3O/c1-17-9-12-6-7-19(11-12)16(20)15-8-13-4-2-3-5-14(13)10-18-15/h2-5,12,15,17-18H,6-11H2,1H3/t12-,15+/m1/s1. The summed E-state index contributed by atoms with van der Waals surface area (Å²) in [5, 5.41) is 6.60. The normalized spacial score (nSPS) is 25.6. The molecule has 2 aliphatic heterocycles. The maximum absolute atomic E-state index is 12.6. The van der Waals surface area contributed by atoms with Crippen LogP contribution in [0, 0.1) is 5.92 Å². The first-order valence-corrected chi connectivity index (χ1v) is 7.51. The number of likely N-dealkylation sites (tertiary alicyclic amines) is 1. The molecule has 0 aromatic heterocycles. The van der Waals surface area contributed by atoms with Crippen LogP contribution in [-0.4, -0.2) is 43.5 Å². The highest BCUT2D eigenvalue weighted by atomic mass is 16.2. The fraction of sp³-hybridized carbons (Fsp3) is 0.562. The molecule has 1 amide bonds. The number of carbonyl (C=O) groups is 1. The minimum absolute atomic E-state index is 0.0433. The van der Waals surface area contributed by atoms with Gasteiger partial charge < -0.3 is 15.5 Å². The Balaban J connectivity index is 1.62. The van der Waals surface area contributed by atoms with Gasteiger partial charge in [-0.25, -0.2) is 0 Å². The van der Waals surface area contributed by atoms with Gasteiger partial charge in [0.2, 0.25) is 5.91 Å². The number of benzene rings is 1. The molecule has 1 aromatic rings. The van der Waals surface area contributed by atoms with Crippen LogP contribution in [0.4, 0.5) is 0 Å².